The number of rotatable bonds is 10. The lowest BCUT2D eigenvalue weighted by atomic mass is 9.91. The highest BCUT2D eigenvalue weighted by Crippen LogP contribution is 2.38. The zero-order chi connectivity index (χ0) is 44.9. The fourth-order valence-electron chi connectivity index (χ4n) is 9.80. The van der Waals surface area contributed by atoms with Crippen molar-refractivity contribution in [1.82, 2.24) is 34.4 Å². The number of nitrogens with one attached hydrogen (secondary N) is 2. The van der Waals surface area contributed by atoms with Crippen molar-refractivity contribution in [1.29, 1.82) is 0 Å². The highest BCUT2D eigenvalue weighted by atomic mass is 19.1. The Morgan fingerprint density at radius 1 is 0.953 bits per heavy atom. The molecule has 2 N–H and O–H groups in total. The molecule has 3 fully saturated rings. The second-order valence-corrected chi connectivity index (χ2v) is 18.6. The van der Waals surface area contributed by atoms with Crippen molar-refractivity contribution < 1.29 is 33.1 Å². The fraction of sp³-hybridized carbons (Fsp3) is 0.438. The number of aromatic nitrogens is 4. The van der Waals surface area contributed by atoms with Gasteiger partial charge in [0.25, 0.3) is 11.8 Å². The number of amides is 4. The van der Waals surface area contributed by atoms with Crippen LogP contribution in [0.4, 0.5) is 20.7 Å². The fourth-order valence-corrected chi connectivity index (χ4v) is 9.80. The number of imide groups is 1. The number of fused-ring (bicyclic) bond motifs is 2. The molecule has 0 aliphatic carbocycles. The van der Waals surface area contributed by atoms with E-state index in [1.807, 2.05) is 56.9 Å². The van der Waals surface area contributed by atoms with E-state index in [0.29, 0.717) is 42.1 Å². The first-order valence-electron chi connectivity index (χ1n) is 22.3. The first kappa shape index (κ1) is 42.9. The van der Waals surface area contributed by atoms with Gasteiger partial charge in [-0.2, -0.15) is 5.10 Å². The molecule has 4 amide bonds. The summed E-state index contributed by atoms with van der Waals surface area (Å²) in [5.74, 6) is -1.49. The van der Waals surface area contributed by atoms with Gasteiger partial charge in [-0.25, -0.2) is 18.7 Å². The van der Waals surface area contributed by atoms with Gasteiger partial charge in [0.1, 0.15) is 23.3 Å². The summed E-state index contributed by atoms with van der Waals surface area (Å²) in [6.07, 6.45) is 11.1. The third-order valence-corrected chi connectivity index (χ3v) is 13.1. The Morgan fingerprint density at radius 3 is 2.50 bits per heavy atom. The van der Waals surface area contributed by atoms with Crippen LogP contribution in [0.3, 0.4) is 0 Å². The first-order chi connectivity index (χ1) is 30.7. The predicted octanol–water partition coefficient (Wildman–Crippen LogP) is 7.30. The summed E-state index contributed by atoms with van der Waals surface area (Å²) in [5, 5.41) is 10.4. The third-order valence-electron chi connectivity index (χ3n) is 13.1. The van der Waals surface area contributed by atoms with Crippen LogP contribution in [-0.2, 0) is 27.4 Å². The number of nitrogens with zero attached hydrogens (tertiary/aromatic N) is 7. The summed E-state index contributed by atoms with van der Waals surface area (Å²) in [5.41, 5.74) is 4.44. The average Bonchev–Trinajstić information content (AvgIpc) is 4.06. The summed E-state index contributed by atoms with van der Waals surface area (Å²) in [7, 11) is 2.03. The summed E-state index contributed by atoms with van der Waals surface area (Å²) in [6, 6.07) is 13.2. The minimum atomic E-state index is -0.718. The van der Waals surface area contributed by atoms with Crippen molar-refractivity contribution in [3.63, 3.8) is 0 Å². The molecule has 0 bridgehead atoms. The van der Waals surface area contributed by atoms with Crippen LogP contribution in [0.25, 0.3) is 22.0 Å². The lowest BCUT2D eigenvalue weighted by Crippen LogP contribution is -2.52. The largest absolute Gasteiger partial charge is 0.443 e. The Labute approximate surface area is 370 Å². The zero-order valence-electron chi connectivity index (χ0n) is 36.7. The molecule has 15 nitrogen and oxygen atoms in total. The molecular formula is C48H54FN9O6. The number of piperidine rings is 2. The van der Waals surface area contributed by atoms with Crippen molar-refractivity contribution in [2.24, 2.45) is 5.92 Å². The molecular weight excluding hydrogens is 818 g/mol. The smallest absolute Gasteiger partial charge is 0.419 e. The molecule has 0 spiro atoms. The van der Waals surface area contributed by atoms with Crippen LogP contribution in [0.1, 0.15) is 110 Å². The van der Waals surface area contributed by atoms with E-state index in [-0.39, 0.29) is 35.7 Å². The van der Waals surface area contributed by atoms with Crippen molar-refractivity contribution in [3.8, 4) is 11.1 Å². The standard InChI is InChI=1S/C48H54FN9O6/c1-48(2,3)64-47(63)58-40-24-42(50-25-31(40)23-41(58)38-11-7-18-54(38)4)52-44(60)34-13-12-30(22-36(34)49)32-26-51-56(27-32)19-6-8-29-16-20-55(21-17-29)37-10-5-9-33-35(37)28-57(46(33)62)39-14-15-43(59)53-45(39)61/h5,9-10,12-13,22-27,29,38-39H,6-8,11,14-21,28H2,1-4H3,(H,50,52,60)(H,53,59,61)/t38-,39?/m1/s1. The first-order valence-corrected chi connectivity index (χ1v) is 22.3. The Morgan fingerprint density at radius 2 is 1.77 bits per heavy atom. The lowest BCUT2D eigenvalue weighted by Gasteiger charge is -2.35. The predicted molar refractivity (Wildman–Crippen MR) is 238 cm³/mol. The van der Waals surface area contributed by atoms with Crippen LogP contribution in [0.5, 0.6) is 0 Å². The molecule has 9 rings (SSSR count). The quantitative estimate of drug-likeness (QED) is 0.136. The minimum Gasteiger partial charge on any atom is -0.443 e. The third kappa shape index (κ3) is 8.62. The van der Waals surface area contributed by atoms with Crippen molar-refractivity contribution >= 4 is 52.1 Å². The molecule has 4 aliphatic heterocycles. The number of benzene rings is 2. The van der Waals surface area contributed by atoms with E-state index in [9.17, 15) is 24.0 Å². The average molecular weight is 872 g/mol. The van der Waals surface area contributed by atoms with Gasteiger partial charge in [-0.15, -0.1) is 0 Å². The molecule has 7 heterocycles. The number of carbonyl (C=O) groups excluding carboxylic acids is 5. The number of ether oxygens (including phenoxy) is 1. The molecule has 0 saturated carbocycles. The molecule has 16 heteroatoms. The Bertz CT molecular complexity index is 2660. The van der Waals surface area contributed by atoms with Gasteiger partial charge >= 0.3 is 6.09 Å². The van der Waals surface area contributed by atoms with Gasteiger partial charge in [0, 0.05) is 84.5 Å². The van der Waals surface area contributed by atoms with Gasteiger partial charge in [0.15, 0.2) is 0 Å². The van der Waals surface area contributed by atoms with E-state index in [4.69, 9.17) is 4.74 Å². The number of pyridine rings is 1. The van der Waals surface area contributed by atoms with Gasteiger partial charge in [-0.1, -0.05) is 12.1 Å². The van der Waals surface area contributed by atoms with E-state index in [2.05, 4.69) is 36.6 Å². The molecule has 64 heavy (non-hydrogen) atoms. The molecule has 1 unspecified atom stereocenters. The number of aryl methyl sites for hydroxylation is 1. The molecule has 3 saturated heterocycles. The maximum atomic E-state index is 15.6. The molecule has 3 aromatic heterocycles. The van der Waals surface area contributed by atoms with Crippen LogP contribution in [0, 0.1) is 11.7 Å². The highest BCUT2D eigenvalue weighted by Gasteiger charge is 2.40. The molecule has 334 valence electrons. The number of anilines is 2. The number of halogens is 1. The maximum Gasteiger partial charge on any atom is 0.419 e. The van der Waals surface area contributed by atoms with E-state index < -0.39 is 35.4 Å². The monoisotopic (exact) mass is 871 g/mol. The van der Waals surface area contributed by atoms with Gasteiger partial charge < -0.3 is 19.9 Å². The Kier molecular flexibility index (Phi) is 11.6. The van der Waals surface area contributed by atoms with E-state index in [1.54, 1.807) is 34.0 Å². The summed E-state index contributed by atoms with van der Waals surface area (Å²) in [6.45, 7) is 9.17. The second-order valence-electron chi connectivity index (χ2n) is 18.6. The van der Waals surface area contributed by atoms with Crippen molar-refractivity contribution in [2.45, 2.75) is 103 Å². The van der Waals surface area contributed by atoms with E-state index in [1.165, 1.54) is 12.1 Å². The normalized spacial score (nSPS) is 19.7. The molecule has 4 aliphatic rings. The highest BCUT2D eigenvalue weighted by molar-refractivity contribution is 6.07. The number of carbonyl (C=O) groups is 5. The molecule has 2 aromatic carbocycles. The topological polar surface area (TPSA) is 164 Å². The SMILES string of the molecule is CN1CCC[C@@H]1c1cc2cnc(NC(=O)c3ccc(-c4cnn(CCCC5CCN(c6cccc7c6CN(C6CCC(=O)NC6=O)C7=O)CC5)c4)cc3F)cc2n1C(=O)OC(C)(C)C. The van der Waals surface area contributed by atoms with Gasteiger partial charge in [-0.3, -0.25) is 34.1 Å². The minimum absolute atomic E-state index is 0.0241. The summed E-state index contributed by atoms with van der Waals surface area (Å²) < 4.78 is 24.8. The maximum absolute atomic E-state index is 15.6. The van der Waals surface area contributed by atoms with Crippen LogP contribution in [-0.4, -0.2) is 97.2 Å². The Balaban J connectivity index is 0.787. The van der Waals surface area contributed by atoms with Crippen LogP contribution in [0.2, 0.25) is 0 Å². The van der Waals surface area contributed by atoms with Crippen molar-refractivity contribution in [3.05, 3.63) is 95.3 Å². The number of likely N-dealkylation sites (tertiary alicyclic amines) is 1. The lowest BCUT2D eigenvalue weighted by molar-refractivity contribution is -0.136. The van der Waals surface area contributed by atoms with Gasteiger partial charge in [0.05, 0.1) is 23.3 Å². The van der Waals surface area contributed by atoms with E-state index >= 15 is 4.39 Å². The second kappa shape index (κ2) is 17.3. The number of hydrogen-bond acceptors (Lipinski definition) is 10. The Hall–Kier alpha value is -6.42. The van der Waals surface area contributed by atoms with Crippen molar-refractivity contribution in [2.75, 3.05) is 36.9 Å². The summed E-state index contributed by atoms with van der Waals surface area (Å²) in [4.78, 5) is 75.2. The molecule has 5 aromatic rings. The van der Waals surface area contributed by atoms with Crippen LogP contribution >= 0.6 is 0 Å². The van der Waals surface area contributed by atoms with Gasteiger partial charge in [0.2, 0.25) is 11.8 Å². The molecule has 2 atom stereocenters. The molecule has 0 radical (unpaired) electrons. The summed E-state index contributed by atoms with van der Waals surface area (Å²) >= 11 is 0. The van der Waals surface area contributed by atoms with Crippen LogP contribution in [0.15, 0.2) is 67.1 Å². The van der Waals surface area contributed by atoms with Crippen LogP contribution < -0.4 is 15.5 Å². The zero-order valence-corrected chi connectivity index (χ0v) is 36.7. The number of hydrogen-bond donors (Lipinski definition) is 2. The van der Waals surface area contributed by atoms with Gasteiger partial charge in [-0.05, 0) is 121 Å². The van der Waals surface area contributed by atoms with E-state index in [0.717, 1.165) is 86.1 Å².